The first-order valence-electron chi connectivity index (χ1n) is 8.39. The molecule has 0 aromatic carbocycles. The molecule has 0 saturated carbocycles. The minimum atomic E-state index is -1.19. The summed E-state index contributed by atoms with van der Waals surface area (Å²) in [5.41, 5.74) is 0. The number of carboxylic acids is 1. The maximum Gasteiger partial charge on any atom is 0.332 e. The van der Waals surface area contributed by atoms with Crippen LogP contribution in [0.25, 0.3) is 0 Å². The molecule has 0 aromatic heterocycles. The Morgan fingerprint density at radius 3 is 2.05 bits per heavy atom. The molecule has 0 saturated heterocycles. The molecule has 0 radical (unpaired) electrons. The fourth-order valence-electron chi connectivity index (χ4n) is 2.10. The number of carboxylic acid groups (broad SMARTS) is 1. The van der Waals surface area contributed by atoms with E-state index in [1.807, 2.05) is 0 Å². The van der Waals surface area contributed by atoms with Crippen molar-refractivity contribution in [2.24, 2.45) is 0 Å². The van der Waals surface area contributed by atoms with Crippen molar-refractivity contribution in [3.63, 3.8) is 0 Å². The van der Waals surface area contributed by atoms with Crippen molar-refractivity contribution in [2.45, 2.75) is 83.7 Å². The first-order chi connectivity index (χ1) is 10.2. The average molecular weight is 296 g/mol. The number of unbranched alkanes of at least 4 members (excludes halogenated alkanes) is 7. The predicted molar refractivity (Wildman–Crippen MR) is 88.4 cm³/mol. The van der Waals surface area contributed by atoms with Gasteiger partial charge >= 0.3 is 5.97 Å². The van der Waals surface area contributed by atoms with Gasteiger partial charge in [-0.3, -0.25) is 0 Å². The molecule has 0 amide bonds. The second kappa shape index (κ2) is 15.3. The maximum atomic E-state index is 10.4. The Kier molecular flexibility index (Phi) is 14.5. The van der Waals surface area contributed by atoms with Gasteiger partial charge in [0.15, 0.2) is 6.10 Å². The lowest BCUT2D eigenvalue weighted by molar-refractivity contribution is -0.146. The highest BCUT2D eigenvalue weighted by molar-refractivity contribution is 5.71. The van der Waals surface area contributed by atoms with Gasteiger partial charge in [-0.05, 0) is 38.5 Å². The molecule has 0 bridgehead atoms. The van der Waals surface area contributed by atoms with Crippen molar-refractivity contribution in [3.05, 3.63) is 24.3 Å². The van der Waals surface area contributed by atoms with E-state index >= 15 is 0 Å². The van der Waals surface area contributed by atoms with E-state index in [0.717, 1.165) is 38.5 Å². The highest BCUT2D eigenvalue weighted by Crippen LogP contribution is 2.08. The summed E-state index contributed by atoms with van der Waals surface area (Å²) >= 11 is 0. The van der Waals surface area contributed by atoms with Crippen LogP contribution in [-0.4, -0.2) is 22.3 Å². The lowest BCUT2D eigenvalue weighted by Gasteiger charge is -2.04. The molecule has 3 nitrogen and oxygen atoms in total. The highest BCUT2D eigenvalue weighted by atomic mass is 16.4. The van der Waals surface area contributed by atoms with Crippen molar-refractivity contribution in [1.29, 1.82) is 0 Å². The fraction of sp³-hybridized carbons (Fsp3) is 0.722. The van der Waals surface area contributed by atoms with E-state index in [9.17, 15) is 4.79 Å². The summed E-state index contributed by atoms with van der Waals surface area (Å²) in [6.07, 6.45) is 19.4. The summed E-state index contributed by atoms with van der Waals surface area (Å²) in [4.78, 5) is 10.4. The number of hydrogen-bond acceptors (Lipinski definition) is 2. The van der Waals surface area contributed by atoms with Gasteiger partial charge in [0.1, 0.15) is 0 Å². The van der Waals surface area contributed by atoms with Crippen LogP contribution in [0.4, 0.5) is 0 Å². The van der Waals surface area contributed by atoms with Gasteiger partial charge in [-0.2, -0.15) is 0 Å². The van der Waals surface area contributed by atoms with Crippen LogP contribution in [0.1, 0.15) is 77.6 Å². The highest BCUT2D eigenvalue weighted by Gasteiger charge is 2.11. The van der Waals surface area contributed by atoms with Crippen molar-refractivity contribution in [1.82, 2.24) is 0 Å². The number of aliphatic carboxylic acids is 1. The number of hydrogen-bond donors (Lipinski definition) is 2. The smallest absolute Gasteiger partial charge is 0.332 e. The number of rotatable bonds is 14. The third kappa shape index (κ3) is 15.1. The largest absolute Gasteiger partial charge is 0.479 e. The lowest BCUT2D eigenvalue weighted by Crippen LogP contribution is -2.18. The van der Waals surface area contributed by atoms with Gasteiger partial charge in [-0.1, -0.05) is 63.3 Å². The van der Waals surface area contributed by atoms with Crippen molar-refractivity contribution >= 4 is 5.97 Å². The van der Waals surface area contributed by atoms with Gasteiger partial charge in [0.05, 0.1) is 0 Å². The van der Waals surface area contributed by atoms with Gasteiger partial charge in [-0.25, -0.2) is 4.79 Å². The average Bonchev–Trinajstić information content (AvgIpc) is 2.47. The van der Waals surface area contributed by atoms with Gasteiger partial charge in [0.2, 0.25) is 0 Å². The molecule has 0 aliphatic rings. The van der Waals surface area contributed by atoms with E-state index in [2.05, 4.69) is 31.2 Å². The number of aliphatic hydroxyl groups is 1. The Balaban J connectivity index is 3.27. The molecular weight excluding hydrogens is 264 g/mol. The zero-order chi connectivity index (χ0) is 15.8. The standard InChI is InChI=1S/C18H32O3/c1-2-3-4-5-6-7-8-9-10-11-12-13-14-15-16-17(19)18(20)21/h6-7,9-10,17,19H,2-5,8,11-16H2,1H3,(H,20,21). The Hall–Kier alpha value is -1.09. The van der Waals surface area contributed by atoms with Crippen LogP contribution in [0.2, 0.25) is 0 Å². The summed E-state index contributed by atoms with van der Waals surface area (Å²) in [5, 5.41) is 17.6. The molecular formula is C18H32O3. The summed E-state index contributed by atoms with van der Waals surface area (Å²) in [7, 11) is 0. The quantitative estimate of drug-likeness (QED) is 0.355. The fourth-order valence-corrected chi connectivity index (χ4v) is 2.10. The first-order valence-corrected chi connectivity index (χ1v) is 8.39. The molecule has 1 atom stereocenters. The second-order valence-electron chi connectivity index (χ2n) is 5.52. The predicted octanol–water partition coefficient (Wildman–Crippen LogP) is 4.86. The van der Waals surface area contributed by atoms with Crippen molar-refractivity contribution < 1.29 is 15.0 Å². The van der Waals surface area contributed by atoms with Crippen LogP contribution < -0.4 is 0 Å². The summed E-state index contributed by atoms with van der Waals surface area (Å²) in [5.74, 6) is -1.11. The summed E-state index contributed by atoms with van der Waals surface area (Å²) < 4.78 is 0. The summed E-state index contributed by atoms with van der Waals surface area (Å²) in [6, 6.07) is 0. The van der Waals surface area contributed by atoms with Crippen LogP contribution in [0.5, 0.6) is 0 Å². The van der Waals surface area contributed by atoms with Gasteiger partial charge < -0.3 is 10.2 Å². The third-order valence-corrected chi connectivity index (χ3v) is 3.46. The zero-order valence-electron chi connectivity index (χ0n) is 13.5. The van der Waals surface area contributed by atoms with E-state index in [1.54, 1.807) is 0 Å². The van der Waals surface area contributed by atoms with Gasteiger partial charge in [-0.15, -0.1) is 0 Å². The molecule has 1 unspecified atom stereocenters. The van der Waals surface area contributed by atoms with Crippen LogP contribution in [0.15, 0.2) is 24.3 Å². The van der Waals surface area contributed by atoms with Crippen LogP contribution in [-0.2, 0) is 4.79 Å². The number of allylic oxidation sites excluding steroid dienone is 4. The first kappa shape index (κ1) is 19.9. The zero-order valence-corrected chi connectivity index (χ0v) is 13.5. The van der Waals surface area contributed by atoms with Crippen molar-refractivity contribution in [2.75, 3.05) is 0 Å². The van der Waals surface area contributed by atoms with E-state index in [-0.39, 0.29) is 0 Å². The van der Waals surface area contributed by atoms with E-state index in [4.69, 9.17) is 10.2 Å². The van der Waals surface area contributed by atoms with Crippen molar-refractivity contribution in [3.8, 4) is 0 Å². The van der Waals surface area contributed by atoms with Gasteiger partial charge in [0.25, 0.3) is 0 Å². The SMILES string of the molecule is CCCCCC=CCC=CCCCCCCC(O)C(=O)O. The molecule has 0 aliphatic heterocycles. The Bertz CT molecular complexity index is 295. The van der Waals surface area contributed by atoms with Gasteiger partial charge in [0, 0.05) is 0 Å². The van der Waals surface area contributed by atoms with E-state index in [1.165, 1.54) is 25.7 Å². The van der Waals surface area contributed by atoms with Crippen LogP contribution in [0, 0.1) is 0 Å². The van der Waals surface area contributed by atoms with E-state index in [0.29, 0.717) is 6.42 Å². The Morgan fingerprint density at radius 2 is 1.48 bits per heavy atom. The Labute approximate surface area is 129 Å². The molecule has 0 spiro atoms. The van der Waals surface area contributed by atoms with Crippen LogP contribution in [0.3, 0.4) is 0 Å². The molecule has 0 rings (SSSR count). The lowest BCUT2D eigenvalue weighted by atomic mass is 10.1. The van der Waals surface area contributed by atoms with Crippen LogP contribution >= 0.6 is 0 Å². The molecule has 2 N–H and O–H groups in total. The minimum Gasteiger partial charge on any atom is -0.479 e. The molecule has 3 heteroatoms. The normalized spacial score (nSPS) is 13.2. The number of aliphatic hydroxyl groups excluding tert-OH is 1. The molecule has 0 aliphatic carbocycles. The molecule has 122 valence electrons. The number of carbonyl (C=O) groups is 1. The third-order valence-electron chi connectivity index (χ3n) is 3.46. The minimum absolute atomic E-state index is 0.369. The Morgan fingerprint density at radius 1 is 0.905 bits per heavy atom. The monoisotopic (exact) mass is 296 g/mol. The second-order valence-corrected chi connectivity index (χ2v) is 5.52. The topological polar surface area (TPSA) is 57.5 Å². The van der Waals surface area contributed by atoms with E-state index < -0.39 is 12.1 Å². The maximum absolute atomic E-state index is 10.4. The molecule has 0 aromatic rings. The summed E-state index contributed by atoms with van der Waals surface area (Å²) in [6.45, 7) is 2.22. The molecule has 0 fully saturated rings. The molecule has 21 heavy (non-hydrogen) atoms. The molecule has 0 heterocycles.